The first-order valence-corrected chi connectivity index (χ1v) is 9.28. The zero-order valence-corrected chi connectivity index (χ0v) is 15.7. The number of para-hydroxylation sites is 2. The van der Waals surface area contributed by atoms with Crippen LogP contribution in [0.4, 0.5) is 11.4 Å². The third-order valence-corrected chi connectivity index (χ3v) is 5.01. The Balaban J connectivity index is 1.92. The highest BCUT2D eigenvalue weighted by atomic mass is 35.5. The number of carbonyl (C=O) groups is 1. The number of anilines is 1. The molecule has 1 heterocycles. The van der Waals surface area contributed by atoms with E-state index in [0.29, 0.717) is 11.4 Å². The Kier molecular flexibility index (Phi) is 4.78. The number of hydrogen-bond acceptors (Lipinski definition) is 2. The highest BCUT2D eigenvalue weighted by Gasteiger charge is 2.30. The molecular formula is C23H19ClN2O. The van der Waals surface area contributed by atoms with Crippen LogP contribution in [-0.2, 0) is 4.79 Å². The van der Waals surface area contributed by atoms with Crippen LogP contribution < -0.4 is 4.90 Å². The van der Waals surface area contributed by atoms with E-state index in [1.54, 1.807) is 6.92 Å². The Hall–Kier alpha value is -2.91. The van der Waals surface area contributed by atoms with Crippen LogP contribution >= 0.6 is 11.6 Å². The predicted molar refractivity (Wildman–Crippen MR) is 111 cm³/mol. The van der Waals surface area contributed by atoms with E-state index in [1.807, 2.05) is 71.6 Å². The highest BCUT2D eigenvalue weighted by Crippen LogP contribution is 2.40. The van der Waals surface area contributed by atoms with Gasteiger partial charge in [-0.05, 0) is 35.4 Å². The molecule has 0 saturated carbocycles. The molecule has 4 rings (SSSR count). The second-order valence-electron chi connectivity index (χ2n) is 6.58. The molecule has 0 aromatic heterocycles. The summed E-state index contributed by atoms with van der Waals surface area (Å²) in [4.78, 5) is 19.4. The molecule has 0 bridgehead atoms. The van der Waals surface area contributed by atoms with Gasteiger partial charge in [-0.2, -0.15) is 0 Å². The zero-order valence-electron chi connectivity index (χ0n) is 15.0. The van der Waals surface area contributed by atoms with Crippen molar-refractivity contribution in [2.75, 3.05) is 4.90 Å². The van der Waals surface area contributed by atoms with Gasteiger partial charge in [-0.1, -0.05) is 66.2 Å². The van der Waals surface area contributed by atoms with E-state index in [4.69, 9.17) is 16.6 Å². The maximum absolute atomic E-state index is 12.7. The van der Waals surface area contributed by atoms with Crippen LogP contribution in [-0.4, -0.2) is 11.6 Å². The summed E-state index contributed by atoms with van der Waals surface area (Å²) in [6, 6.07) is 25.4. The minimum atomic E-state index is -0.177. The molecule has 0 N–H and O–H groups in total. The van der Waals surface area contributed by atoms with Crippen LogP contribution in [0.1, 0.15) is 30.5 Å². The number of nitrogens with zero attached hydrogens (tertiary/aromatic N) is 2. The number of rotatable bonds is 2. The minimum absolute atomic E-state index is 0.0167. The third kappa shape index (κ3) is 3.51. The number of hydrogen-bond donors (Lipinski definition) is 0. The van der Waals surface area contributed by atoms with E-state index in [0.717, 1.165) is 28.2 Å². The smallest absolute Gasteiger partial charge is 0.224 e. The van der Waals surface area contributed by atoms with E-state index >= 15 is 0 Å². The van der Waals surface area contributed by atoms with Gasteiger partial charge in [-0.25, -0.2) is 0 Å². The lowest BCUT2D eigenvalue weighted by Crippen LogP contribution is -2.33. The second kappa shape index (κ2) is 7.37. The molecule has 4 heteroatoms. The van der Waals surface area contributed by atoms with Crippen LogP contribution in [0.15, 0.2) is 83.9 Å². The molecule has 0 aliphatic carbocycles. The summed E-state index contributed by atoms with van der Waals surface area (Å²) < 4.78 is 0. The quantitative estimate of drug-likeness (QED) is 0.544. The highest BCUT2D eigenvalue weighted by molar-refractivity contribution is 6.30. The molecule has 1 aliphatic heterocycles. The van der Waals surface area contributed by atoms with Gasteiger partial charge >= 0.3 is 0 Å². The van der Waals surface area contributed by atoms with Gasteiger partial charge in [-0.15, -0.1) is 0 Å². The van der Waals surface area contributed by atoms with Crippen molar-refractivity contribution < 1.29 is 4.79 Å². The summed E-state index contributed by atoms with van der Waals surface area (Å²) in [5.74, 6) is -0.0167. The van der Waals surface area contributed by atoms with Crippen LogP contribution in [0.3, 0.4) is 0 Å². The van der Waals surface area contributed by atoms with E-state index in [2.05, 4.69) is 12.1 Å². The van der Waals surface area contributed by atoms with Gasteiger partial charge in [0.15, 0.2) is 0 Å². The van der Waals surface area contributed by atoms with Gasteiger partial charge < -0.3 is 4.90 Å². The fourth-order valence-electron chi connectivity index (χ4n) is 3.58. The normalized spacial score (nSPS) is 16.3. The molecule has 27 heavy (non-hydrogen) atoms. The fraction of sp³-hybridized carbons (Fsp3) is 0.130. The maximum Gasteiger partial charge on any atom is 0.224 e. The average Bonchev–Trinajstić information content (AvgIpc) is 2.86. The molecule has 3 nitrogen and oxygen atoms in total. The first kappa shape index (κ1) is 17.5. The minimum Gasteiger partial charge on any atom is -0.303 e. The van der Waals surface area contributed by atoms with Gasteiger partial charge in [-0.3, -0.25) is 9.79 Å². The fourth-order valence-corrected chi connectivity index (χ4v) is 3.78. The second-order valence-corrected chi connectivity index (χ2v) is 7.01. The number of fused-ring (bicyclic) bond motifs is 1. The maximum atomic E-state index is 12.7. The summed E-state index contributed by atoms with van der Waals surface area (Å²) in [7, 11) is 0. The van der Waals surface area contributed by atoms with Crippen molar-refractivity contribution in [2.24, 2.45) is 4.99 Å². The lowest BCUT2D eigenvalue weighted by molar-refractivity contribution is -0.117. The van der Waals surface area contributed by atoms with E-state index in [1.165, 1.54) is 0 Å². The van der Waals surface area contributed by atoms with Gasteiger partial charge in [0.1, 0.15) is 0 Å². The molecular weight excluding hydrogens is 356 g/mol. The Morgan fingerprint density at radius 3 is 2.48 bits per heavy atom. The lowest BCUT2D eigenvalue weighted by Gasteiger charge is -2.30. The molecule has 0 fully saturated rings. The topological polar surface area (TPSA) is 32.7 Å². The largest absolute Gasteiger partial charge is 0.303 e. The van der Waals surface area contributed by atoms with Gasteiger partial charge in [0.05, 0.1) is 23.1 Å². The molecule has 1 amide bonds. The van der Waals surface area contributed by atoms with Gasteiger partial charge in [0.25, 0.3) is 0 Å². The van der Waals surface area contributed by atoms with Crippen molar-refractivity contribution >= 4 is 34.6 Å². The first-order chi connectivity index (χ1) is 13.1. The number of benzene rings is 3. The first-order valence-electron chi connectivity index (χ1n) is 8.91. The predicted octanol–water partition coefficient (Wildman–Crippen LogP) is 5.96. The van der Waals surface area contributed by atoms with Gasteiger partial charge in [0.2, 0.25) is 5.91 Å². The molecule has 134 valence electrons. The summed E-state index contributed by atoms with van der Waals surface area (Å²) in [6.45, 7) is 1.60. The zero-order chi connectivity index (χ0) is 18.8. The Morgan fingerprint density at radius 1 is 1.00 bits per heavy atom. The Labute approximate surface area is 163 Å². The van der Waals surface area contributed by atoms with Crippen molar-refractivity contribution in [3.05, 3.63) is 95.0 Å². The summed E-state index contributed by atoms with van der Waals surface area (Å²) in [6.07, 6.45) is 0.610. The van der Waals surface area contributed by atoms with Crippen molar-refractivity contribution in [3.8, 4) is 0 Å². The molecule has 3 aromatic rings. The number of aliphatic imine (C=N–C) groups is 1. The molecule has 1 atom stereocenters. The summed E-state index contributed by atoms with van der Waals surface area (Å²) in [5.41, 5.74) is 4.64. The molecule has 0 spiro atoms. The average molecular weight is 375 g/mol. The molecule has 1 aliphatic rings. The van der Waals surface area contributed by atoms with Crippen molar-refractivity contribution in [1.29, 1.82) is 0 Å². The van der Waals surface area contributed by atoms with E-state index in [-0.39, 0.29) is 11.9 Å². The SMILES string of the molecule is CC(=O)N1c2ccccc2N=C(c2ccccc2)CC1c1cccc(Cl)c1. The van der Waals surface area contributed by atoms with Crippen molar-refractivity contribution in [2.45, 2.75) is 19.4 Å². The van der Waals surface area contributed by atoms with E-state index in [9.17, 15) is 4.79 Å². The lowest BCUT2D eigenvalue weighted by atomic mass is 9.96. The molecule has 0 radical (unpaired) electrons. The van der Waals surface area contributed by atoms with Crippen LogP contribution in [0, 0.1) is 0 Å². The summed E-state index contributed by atoms with van der Waals surface area (Å²) >= 11 is 6.25. The van der Waals surface area contributed by atoms with Crippen LogP contribution in [0.25, 0.3) is 0 Å². The van der Waals surface area contributed by atoms with Crippen LogP contribution in [0.2, 0.25) is 5.02 Å². The monoisotopic (exact) mass is 374 g/mol. The van der Waals surface area contributed by atoms with Crippen molar-refractivity contribution in [1.82, 2.24) is 0 Å². The Bertz CT molecular complexity index is 1010. The third-order valence-electron chi connectivity index (χ3n) is 4.77. The van der Waals surface area contributed by atoms with Crippen molar-refractivity contribution in [3.63, 3.8) is 0 Å². The number of halogens is 1. The standard InChI is InChI=1S/C23H19ClN2O/c1-16(27)26-22-13-6-5-12-20(22)25-21(17-8-3-2-4-9-17)15-23(26)18-10-7-11-19(24)14-18/h2-14,23H,15H2,1H3. The van der Waals surface area contributed by atoms with E-state index < -0.39 is 0 Å². The van der Waals surface area contributed by atoms with Gasteiger partial charge in [0, 0.05) is 18.4 Å². The summed E-state index contributed by atoms with van der Waals surface area (Å²) in [5, 5.41) is 0.659. The molecule has 3 aromatic carbocycles. The number of carbonyl (C=O) groups excluding carboxylic acids is 1. The molecule has 1 unspecified atom stereocenters. The Morgan fingerprint density at radius 2 is 1.74 bits per heavy atom. The van der Waals surface area contributed by atoms with Crippen LogP contribution in [0.5, 0.6) is 0 Å². The molecule has 0 saturated heterocycles. The number of amides is 1.